The average Bonchev–Trinajstić information content (AvgIpc) is 2.70. The van der Waals surface area contributed by atoms with Crippen LogP contribution < -0.4 is 5.73 Å². The molecule has 2 N–H and O–H groups in total. The Hall–Kier alpha value is -1.38. The van der Waals surface area contributed by atoms with E-state index < -0.39 is 5.91 Å². The monoisotopic (exact) mass is 207 g/mol. The lowest BCUT2D eigenvalue weighted by Gasteiger charge is -2.14. The van der Waals surface area contributed by atoms with Crippen LogP contribution in [0.4, 0.5) is 4.39 Å². The van der Waals surface area contributed by atoms with Gasteiger partial charge < -0.3 is 5.73 Å². The Morgan fingerprint density at radius 1 is 1.33 bits per heavy atom. The zero-order chi connectivity index (χ0) is 10.8. The van der Waals surface area contributed by atoms with Gasteiger partial charge in [-0.05, 0) is 30.9 Å². The maximum Gasteiger partial charge on any atom is 0.249 e. The maximum atomic E-state index is 13.7. The second kappa shape index (κ2) is 4.01. The molecule has 1 saturated carbocycles. The molecule has 1 fully saturated rings. The van der Waals surface area contributed by atoms with Crippen LogP contribution in [0, 0.1) is 5.82 Å². The standard InChI is InChI=1S/C12H14FNO/c13-10-7-3-6-9(12(14)15)11(10)8-4-1-2-5-8/h3,6-8H,1-2,4-5H2,(H2,14,15). The molecule has 0 bridgehead atoms. The number of halogens is 1. The Morgan fingerprint density at radius 3 is 2.60 bits per heavy atom. The quantitative estimate of drug-likeness (QED) is 0.795. The Kier molecular flexibility index (Phi) is 2.71. The number of benzene rings is 1. The SMILES string of the molecule is NC(=O)c1cccc(F)c1C1CCCC1. The van der Waals surface area contributed by atoms with Gasteiger partial charge in [0.25, 0.3) is 0 Å². The van der Waals surface area contributed by atoms with Crippen molar-refractivity contribution in [3.63, 3.8) is 0 Å². The smallest absolute Gasteiger partial charge is 0.249 e. The highest BCUT2D eigenvalue weighted by molar-refractivity contribution is 5.94. The number of amides is 1. The molecule has 2 nitrogen and oxygen atoms in total. The topological polar surface area (TPSA) is 43.1 Å². The van der Waals surface area contributed by atoms with Crippen LogP contribution in [0.25, 0.3) is 0 Å². The third-order valence-electron chi connectivity index (χ3n) is 3.08. The van der Waals surface area contributed by atoms with Gasteiger partial charge in [-0.1, -0.05) is 18.9 Å². The van der Waals surface area contributed by atoms with Gasteiger partial charge in [0.05, 0.1) is 0 Å². The highest BCUT2D eigenvalue weighted by Crippen LogP contribution is 2.37. The summed E-state index contributed by atoms with van der Waals surface area (Å²) in [5.41, 5.74) is 6.12. The minimum absolute atomic E-state index is 0.175. The molecule has 2 rings (SSSR count). The zero-order valence-electron chi connectivity index (χ0n) is 8.50. The normalized spacial score (nSPS) is 16.9. The molecule has 0 spiro atoms. The van der Waals surface area contributed by atoms with Crippen LogP contribution in [0.3, 0.4) is 0 Å². The van der Waals surface area contributed by atoms with Crippen molar-refractivity contribution in [2.75, 3.05) is 0 Å². The van der Waals surface area contributed by atoms with Gasteiger partial charge in [0.1, 0.15) is 5.82 Å². The first-order valence-electron chi connectivity index (χ1n) is 5.28. The van der Waals surface area contributed by atoms with E-state index in [9.17, 15) is 9.18 Å². The van der Waals surface area contributed by atoms with Crippen LogP contribution in [0.1, 0.15) is 47.5 Å². The van der Waals surface area contributed by atoms with Gasteiger partial charge in [0, 0.05) is 11.1 Å². The zero-order valence-corrected chi connectivity index (χ0v) is 8.50. The molecule has 1 aliphatic carbocycles. The maximum absolute atomic E-state index is 13.7. The molecular formula is C12H14FNO. The molecule has 15 heavy (non-hydrogen) atoms. The molecule has 1 aliphatic rings. The molecule has 0 atom stereocenters. The highest BCUT2D eigenvalue weighted by Gasteiger charge is 2.24. The molecule has 0 radical (unpaired) electrons. The minimum atomic E-state index is -0.531. The van der Waals surface area contributed by atoms with Gasteiger partial charge in [0.15, 0.2) is 0 Å². The van der Waals surface area contributed by atoms with Crippen molar-refractivity contribution in [1.29, 1.82) is 0 Å². The highest BCUT2D eigenvalue weighted by atomic mass is 19.1. The van der Waals surface area contributed by atoms with E-state index in [-0.39, 0.29) is 11.7 Å². The van der Waals surface area contributed by atoms with Crippen molar-refractivity contribution in [3.05, 3.63) is 35.1 Å². The van der Waals surface area contributed by atoms with E-state index in [1.807, 2.05) is 0 Å². The number of hydrogen-bond donors (Lipinski definition) is 1. The molecule has 3 heteroatoms. The van der Waals surface area contributed by atoms with E-state index >= 15 is 0 Å². The van der Waals surface area contributed by atoms with Crippen molar-refractivity contribution in [2.45, 2.75) is 31.6 Å². The largest absolute Gasteiger partial charge is 0.366 e. The minimum Gasteiger partial charge on any atom is -0.366 e. The van der Waals surface area contributed by atoms with E-state index in [2.05, 4.69) is 0 Å². The number of hydrogen-bond acceptors (Lipinski definition) is 1. The lowest BCUT2D eigenvalue weighted by atomic mass is 9.92. The van der Waals surface area contributed by atoms with E-state index in [0.717, 1.165) is 25.7 Å². The van der Waals surface area contributed by atoms with Crippen molar-refractivity contribution in [2.24, 2.45) is 5.73 Å². The van der Waals surface area contributed by atoms with Crippen molar-refractivity contribution in [1.82, 2.24) is 0 Å². The molecule has 80 valence electrons. The Morgan fingerprint density at radius 2 is 2.00 bits per heavy atom. The lowest BCUT2D eigenvalue weighted by Crippen LogP contribution is -2.16. The lowest BCUT2D eigenvalue weighted by molar-refractivity contribution is 0.0998. The van der Waals surface area contributed by atoms with E-state index in [0.29, 0.717) is 11.1 Å². The fourth-order valence-electron chi connectivity index (χ4n) is 2.38. The van der Waals surface area contributed by atoms with E-state index in [1.165, 1.54) is 12.1 Å². The fraction of sp³-hybridized carbons (Fsp3) is 0.417. The summed E-state index contributed by atoms with van der Waals surface area (Å²) in [6, 6.07) is 4.55. The molecule has 0 aliphatic heterocycles. The van der Waals surface area contributed by atoms with Crippen molar-refractivity contribution < 1.29 is 9.18 Å². The number of carbonyl (C=O) groups is 1. The Balaban J connectivity index is 2.46. The van der Waals surface area contributed by atoms with Gasteiger partial charge >= 0.3 is 0 Å². The summed E-state index contributed by atoms with van der Waals surface area (Å²) in [6.45, 7) is 0. The summed E-state index contributed by atoms with van der Waals surface area (Å²) >= 11 is 0. The second-order valence-electron chi connectivity index (χ2n) is 4.05. The summed E-state index contributed by atoms with van der Waals surface area (Å²) in [6.07, 6.45) is 4.14. The Bertz CT molecular complexity index is 383. The van der Waals surface area contributed by atoms with Crippen molar-refractivity contribution >= 4 is 5.91 Å². The molecule has 1 aromatic carbocycles. The molecule has 0 unspecified atom stereocenters. The second-order valence-corrected chi connectivity index (χ2v) is 4.05. The summed E-state index contributed by atoms with van der Waals surface area (Å²) in [4.78, 5) is 11.2. The van der Waals surface area contributed by atoms with E-state index in [4.69, 9.17) is 5.73 Å². The predicted octanol–water partition coefficient (Wildman–Crippen LogP) is 2.58. The summed E-state index contributed by atoms with van der Waals surface area (Å²) in [7, 11) is 0. The van der Waals surface area contributed by atoms with Gasteiger partial charge in [-0.15, -0.1) is 0 Å². The third-order valence-corrected chi connectivity index (χ3v) is 3.08. The van der Waals surface area contributed by atoms with Crippen LogP contribution in [0.5, 0.6) is 0 Å². The first-order chi connectivity index (χ1) is 7.20. The molecule has 0 aromatic heterocycles. The number of nitrogens with two attached hydrogens (primary N) is 1. The predicted molar refractivity (Wildman–Crippen MR) is 56.1 cm³/mol. The van der Waals surface area contributed by atoms with Crippen LogP contribution in [-0.2, 0) is 0 Å². The van der Waals surface area contributed by atoms with Crippen LogP contribution in [0.2, 0.25) is 0 Å². The number of primary amides is 1. The van der Waals surface area contributed by atoms with Crippen LogP contribution >= 0.6 is 0 Å². The van der Waals surface area contributed by atoms with Gasteiger partial charge in [-0.2, -0.15) is 0 Å². The molecule has 0 saturated heterocycles. The van der Waals surface area contributed by atoms with Crippen LogP contribution in [-0.4, -0.2) is 5.91 Å². The molecular weight excluding hydrogens is 193 g/mol. The summed E-state index contributed by atoms with van der Waals surface area (Å²) < 4.78 is 13.7. The summed E-state index contributed by atoms with van der Waals surface area (Å²) in [5.74, 6) is -0.650. The van der Waals surface area contributed by atoms with Gasteiger partial charge in [0.2, 0.25) is 5.91 Å². The van der Waals surface area contributed by atoms with E-state index in [1.54, 1.807) is 6.07 Å². The Labute approximate surface area is 88.3 Å². The molecule has 1 aromatic rings. The fourth-order valence-corrected chi connectivity index (χ4v) is 2.38. The van der Waals surface area contributed by atoms with Crippen LogP contribution in [0.15, 0.2) is 18.2 Å². The first kappa shape index (κ1) is 10.1. The molecule has 1 amide bonds. The number of carbonyl (C=O) groups excluding carboxylic acids is 1. The number of rotatable bonds is 2. The van der Waals surface area contributed by atoms with Crippen molar-refractivity contribution in [3.8, 4) is 0 Å². The van der Waals surface area contributed by atoms with Gasteiger partial charge in [-0.25, -0.2) is 4.39 Å². The average molecular weight is 207 g/mol. The first-order valence-corrected chi connectivity index (χ1v) is 5.28. The molecule has 0 heterocycles. The third kappa shape index (κ3) is 1.87. The summed E-state index contributed by atoms with van der Waals surface area (Å²) in [5, 5.41) is 0. The van der Waals surface area contributed by atoms with Gasteiger partial charge in [-0.3, -0.25) is 4.79 Å².